The maximum absolute atomic E-state index is 11.0. The van der Waals surface area contributed by atoms with Crippen LogP contribution in [0.1, 0.15) is 45.4 Å². The van der Waals surface area contributed by atoms with E-state index in [1.165, 1.54) is 6.42 Å². The predicted octanol–water partition coefficient (Wildman–Crippen LogP) is 0.837. The number of hydrogen-bond donors (Lipinski definition) is 3. The largest absolute Gasteiger partial charge is 0.480 e. The van der Waals surface area contributed by atoms with Gasteiger partial charge in [-0.05, 0) is 6.42 Å². The van der Waals surface area contributed by atoms with Gasteiger partial charge >= 0.3 is 5.97 Å². The van der Waals surface area contributed by atoms with Crippen molar-refractivity contribution in [2.24, 2.45) is 0 Å². The van der Waals surface area contributed by atoms with Gasteiger partial charge in [0, 0.05) is 19.5 Å². The van der Waals surface area contributed by atoms with Gasteiger partial charge in [-0.15, -0.1) is 0 Å². The highest BCUT2D eigenvalue weighted by atomic mass is 16.4. The zero-order chi connectivity index (χ0) is 13.5. The molecule has 0 aromatic carbocycles. The molecule has 5 heteroatoms. The second-order valence-corrected chi connectivity index (χ2v) is 5.20. The number of hydrogen-bond acceptors (Lipinski definition) is 4. The quantitative estimate of drug-likeness (QED) is 0.563. The van der Waals surface area contributed by atoms with Crippen molar-refractivity contribution >= 4 is 5.97 Å². The van der Waals surface area contributed by atoms with E-state index in [2.05, 4.69) is 6.92 Å². The van der Waals surface area contributed by atoms with Crippen molar-refractivity contribution in [1.29, 1.82) is 0 Å². The van der Waals surface area contributed by atoms with Gasteiger partial charge in [-0.3, -0.25) is 9.69 Å². The summed E-state index contributed by atoms with van der Waals surface area (Å²) in [4.78, 5) is 12.7. The van der Waals surface area contributed by atoms with Gasteiger partial charge in [0.2, 0.25) is 0 Å². The maximum atomic E-state index is 11.0. The Labute approximate surface area is 108 Å². The molecule has 0 aromatic heterocycles. The number of rotatable bonds is 8. The van der Waals surface area contributed by atoms with Crippen LogP contribution in [0.4, 0.5) is 0 Å². The average Bonchev–Trinajstić information content (AvgIpc) is 2.66. The Balaban J connectivity index is 2.29. The third-order valence-corrected chi connectivity index (χ3v) is 3.50. The fraction of sp³-hybridized carbons (Fsp3) is 0.923. The third kappa shape index (κ3) is 4.92. The normalized spacial score (nSPS) is 26.4. The first-order valence-electron chi connectivity index (χ1n) is 6.87. The highest BCUT2D eigenvalue weighted by Gasteiger charge is 2.36. The molecule has 3 atom stereocenters. The fourth-order valence-corrected chi connectivity index (χ4v) is 2.51. The molecule has 1 heterocycles. The lowest BCUT2D eigenvalue weighted by molar-refractivity contribution is -0.142. The molecule has 0 bridgehead atoms. The lowest BCUT2D eigenvalue weighted by Gasteiger charge is -2.23. The van der Waals surface area contributed by atoms with E-state index in [0.717, 1.165) is 19.3 Å². The number of carboxylic acid groups (broad SMARTS) is 1. The monoisotopic (exact) mass is 259 g/mol. The molecule has 0 amide bonds. The number of β-amino-alcohol motifs (C(OH)–C–C–N with tert-alkyl or cyclic N) is 2. The first kappa shape index (κ1) is 15.4. The van der Waals surface area contributed by atoms with Crippen LogP contribution in [0.2, 0.25) is 0 Å². The second kappa shape index (κ2) is 7.71. The Morgan fingerprint density at radius 1 is 1.39 bits per heavy atom. The van der Waals surface area contributed by atoms with Crippen LogP contribution < -0.4 is 0 Å². The van der Waals surface area contributed by atoms with Crippen molar-refractivity contribution in [2.45, 2.75) is 63.7 Å². The molecule has 0 spiro atoms. The van der Waals surface area contributed by atoms with Crippen molar-refractivity contribution in [2.75, 3.05) is 13.1 Å². The zero-order valence-electron chi connectivity index (χ0n) is 11.1. The van der Waals surface area contributed by atoms with E-state index in [1.54, 1.807) is 4.90 Å². The molecule has 1 aliphatic heterocycles. The minimum Gasteiger partial charge on any atom is -0.480 e. The highest BCUT2D eigenvalue weighted by Crippen LogP contribution is 2.19. The van der Waals surface area contributed by atoms with Crippen LogP contribution in [0, 0.1) is 0 Å². The second-order valence-electron chi connectivity index (χ2n) is 5.20. The Bertz CT molecular complexity index is 259. The number of aliphatic carboxylic acids is 1. The average molecular weight is 259 g/mol. The first-order chi connectivity index (χ1) is 8.54. The Morgan fingerprint density at radius 2 is 2.11 bits per heavy atom. The Morgan fingerprint density at radius 3 is 2.72 bits per heavy atom. The summed E-state index contributed by atoms with van der Waals surface area (Å²) in [6, 6.07) is -0.648. The van der Waals surface area contributed by atoms with Crippen molar-refractivity contribution < 1.29 is 20.1 Å². The van der Waals surface area contributed by atoms with Crippen molar-refractivity contribution in [3.8, 4) is 0 Å². The number of nitrogens with zero attached hydrogens (tertiary/aromatic N) is 1. The molecule has 0 radical (unpaired) electrons. The van der Waals surface area contributed by atoms with Gasteiger partial charge in [0.15, 0.2) is 0 Å². The number of likely N-dealkylation sites (tertiary alicyclic amines) is 1. The summed E-state index contributed by atoms with van der Waals surface area (Å²) >= 11 is 0. The number of aliphatic hydroxyl groups is 2. The number of carbonyl (C=O) groups is 1. The molecule has 5 nitrogen and oxygen atoms in total. The highest BCUT2D eigenvalue weighted by molar-refractivity contribution is 5.74. The van der Waals surface area contributed by atoms with E-state index in [4.69, 9.17) is 5.11 Å². The maximum Gasteiger partial charge on any atom is 0.321 e. The molecule has 1 aliphatic rings. The summed E-state index contributed by atoms with van der Waals surface area (Å²) < 4.78 is 0. The van der Waals surface area contributed by atoms with E-state index in [1.807, 2.05) is 0 Å². The van der Waals surface area contributed by atoms with Gasteiger partial charge < -0.3 is 15.3 Å². The summed E-state index contributed by atoms with van der Waals surface area (Å²) in [6.45, 7) is 2.84. The molecule has 3 N–H and O–H groups in total. The van der Waals surface area contributed by atoms with Crippen molar-refractivity contribution in [3.05, 3.63) is 0 Å². The molecule has 1 saturated heterocycles. The molecule has 18 heavy (non-hydrogen) atoms. The molecule has 0 saturated carbocycles. The van der Waals surface area contributed by atoms with Crippen LogP contribution in [0.3, 0.4) is 0 Å². The van der Waals surface area contributed by atoms with E-state index >= 15 is 0 Å². The van der Waals surface area contributed by atoms with Gasteiger partial charge in [-0.25, -0.2) is 0 Å². The van der Waals surface area contributed by atoms with E-state index < -0.39 is 24.2 Å². The summed E-state index contributed by atoms with van der Waals surface area (Å²) in [6.07, 6.45) is 4.31. The van der Waals surface area contributed by atoms with Crippen LogP contribution >= 0.6 is 0 Å². The fourth-order valence-electron chi connectivity index (χ4n) is 2.51. The molecular formula is C13H25NO4. The third-order valence-electron chi connectivity index (χ3n) is 3.50. The number of unbranched alkanes of at least 4 members (excludes halogenated alkanes) is 3. The number of carboxylic acids is 1. The van der Waals surface area contributed by atoms with Crippen LogP contribution in [0.5, 0.6) is 0 Å². The van der Waals surface area contributed by atoms with E-state index in [-0.39, 0.29) is 6.42 Å². The van der Waals surface area contributed by atoms with E-state index in [9.17, 15) is 15.0 Å². The van der Waals surface area contributed by atoms with Gasteiger partial charge in [0.25, 0.3) is 0 Å². The topological polar surface area (TPSA) is 81.0 Å². The molecule has 0 aromatic rings. The Kier molecular flexibility index (Phi) is 6.60. The van der Waals surface area contributed by atoms with Crippen LogP contribution in [-0.2, 0) is 4.79 Å². The minimum absolute atomic E-state index is 0.262. The van der Waals surface area contributed by atoms with Crippen molar-refractivity contribution in [1.82, 2.24) is 4.90 Å². The van der Waals surface area contributed by atoms with Gasteiger partial charge in [0.1, 0.15) is 6.04 Å². The van der Waals surface area contributed by atoms with Gasteiger partial charge in [-0.2, -0.15) is 0 Å². The standard InChI is InChI=1S/C13H25NO4/c1-2-3-4-5-6-10(15)8-14-9-11(16)7-12(14)13(17)18/h10-12,15-16H,2-9H2,1H3,(H,17,18)/t10?,11-,12+/m1/s1. The van der Waals surface area contributed by atoms with Gasteiger partial charge in [-0.1, -0.05) is 32.6 Å². The predicted molar refractivity (Wildman–Crippen MR) is 68.4 cm³/mol. The summed E-state index contributed by atoms with van der Waals surface area (Å²) in [7, 11) is 0. The zero-order valence-corrected chi connectivity index (χ0v) is 11.1. The summed E-state index contributed by atoms with van der Waals surface area (Å²) in [5, 5.41) is 28.4. The molecular weight excluding hydrogens is 234 g/mol. The minimum atomic E-state index is -0.912. The SMILES string of the molecule is CCCCCCC(O)CN1C[C@H](O)C[C@H]1C(=O)O. The van der Waals surface area contributed by atoms with Crippen LogP contribution in [0.15, 0.2) is 0 Å². The van der Waals surface area contributed by atoms with Crippen molar-refractivity contribution in [3.63, 3.8) is 0 Å². The lowest BCUT2D eigenvalue weighted by atomic mass is 10.1. The van der Waals surface area contributed by atoms with E-state index in [0.29, 0.717) is 19.5 Å². The molecule has 1 unspecified atom stereocenters. The summed E-state index contributed by atoms with van der Waals surface area (Å²) in [5.74, 6) is -0.912. The Hall–Kier alpha value is -0.650. The lowest BCUT2D eigenvalue weighted by Crippen LogP contribution is -2.40. The van der Waals surface area contributed by atoms with Gasteiger partial charge in [0.05, 0.1) is 12.2 Å². The molecule has 1 rings (SSSR count). The smallest absolute Gasteiger partial charge is 0.321 e. The molecule has 106 valence electrons. The molecule has 1 fully saturated rings. The van der Waals surface area contributed by atoms with Crippen LogP contribution in [-0.4, -0.2) is 57.5 Å². The molecule has 0 aliphatic carbocycles. The number of aliphatic hydroxyl groups excluding tert-OH is 2. The summed E-state index contributed by atoms with van der Waals surface area (Å²) in [5.41, 5.74) is 0. The van der Waals surface area contributed by atoms with Crippen LogP contribution in [0.25, 0.3) is 0 Å². The first-order valence-corrected chi connectivity index (χ1v) is 6.87.